The number of carbonyl (C=O) groups is 1. The van der Waals surface area contributed by atoms with Gasteiger partial charge in [0, 0.05) is 31.7 Å². The van der Waals surface area contributed by atoms with Crippen LogP contribution in [0.2, 0.25) is 0 Å². The van der Waals surface area contributed by atoms with Crippen LogP contribution < -0.4 is 10.6 Å². The number of morpholine rings is 1. The quantitative estimate of drug-likeness (QED) is 0.743. The molecule has 0 aromatic rings. The van der Waals surface area contributed by atoms with Crippen LogP contribution in [-0.2, 0) is 9.53 Å². The van der Waals surface area contributed by atoms with E-state index in [2.05, 4.69) is 29.5 Å². The van der Waals surface area contributed by atoms with E-state index in [-0.39, 0.29) is 17.6 Å². The van der Waals surface area contributed by atoms with Gasteiger partial charge in [-0.25, -0.2) is 0 Å². The number of hydrogen-bond donors (Lipinski definition) is 2. The van der Waals surface area contributed by atoms with Crippen molar-refractivity contribution in [3.05, 3.63) is 0 Å². The molecule has 5 heteroatoms. The third-order valence-corrected chi connectivity index (χ3v) is 3.95. The summed E-state index contributed by atoms with van der Waals surface area (Å²) in [5.74, 6) is 0.121. The average Bonchev–Trinajstić information content (AvgIpc) is 2.34. The normalized spacial score (nSPS) is 28.9. The maximum Gasteiger partial charge on any atom is 0.223 e. The van der Waals surface area contributed by atoms with Crippen LogP contribution in [0.15, 0.2) is 0 Å². The molecule has 0 bridgehead atoms. The number of likely N-dealkylation sites (tertiary alicyclic amines) is 1. The molecular weight excluding hydrogens is 230 g/mol. The lowest BCUT2D eigenvalue weighted by Crippen LogP contribution is -2.53. The van der Waals surface area contributed by atoms with Crippen LogP contribution in [0.4, 0.5) is 0 Å². The van der Waals surface area contributed by atoms with Crippen molar-refractivity contribution in [2.45, 2.75) is 37.8 Å². The van der Waals surface area contributed by atoms with Crippen LogP contribution in [-0.4, -0.2) is 62.3 Å². The fraction of sp³-hybridized carbons (Fsp3) is 0.923. The Morgan fingerprint density at radius 3 is 2.83 bits per heavy atom. The van der Waals surface area contributed by atoms with E-state index in [9.17, 15) is 4.79 Å². The van der Waals surface area contributed by atoms with Crippen molar-refractivity contribution in [2.75, 3.05) is 39.8 Å². The van der Waals surface area contributed by atoms with Gasteiger partial charge >= 0.3 is 0 Å². The minimum absolute atomic E-state index is 0.0358. The molecule has 2 fully saturated rings. The molecule has 0 saturated carbocycles. The number of rotatable bonds is 3. The topological polar surface area (TPSA) is 53.6 Å². The maximum atomic E-state index is 12.0. The highest BCUT2D eigenvalue weighted by Crippen LogP contribution is 2.21. The number of nitrogens with zero attached hydrogens (tertiary/aromatic N) is 1. The molecule has 2 heterocycles. The van der Waals surface area contributed by atoms with E-state index in [1.165, 1.54) is 0 Å². The Kier molecular flexibility index (Phi) is 4.59. The van der Waals surface area contributed by atoms with E-state index in [4.69, 9.17) is 4.74 Å². The third-order valence-electron chi connectivity index (χ3n) is 3.95. The van der Waals surface area contributed by atoms with E-state index >= 15 is 0 Å². The second-order valence-corrected chi connectivity index (χ2v) is 5.81. The smallest absolute Gasteiger partial charge is 0.223 e. The third kappa shape index (κ3) is 3.93. The first-order valence-corrected chi connectivity index (χ1v) is 6.89. The zero-order chi connectivity index (χ0) is 13.0. The second kappa shape index (κ2) is 5.99. The number of amides is 1. The van der Waals surface area contributed by atoms with E-state index < -0.39 is 0 Å². The lowest BCUT2D eigenvalue weighted by molar-refractivity contribution is -0.126. The molecule has 1 atom stereocenters. The van der Waals surface area contributed by atoms with E-state index in [1.54, 1.807) is 0 Å². The fourth-order valence-electron chi connectivity index (χ4n) is 2.58. The Morgan fingerprint density at radius 2 is 2.22 bits per heavy atom. The standard InChI is InChI=1S/C13H25N3O2/c1-13(3-6-16(2)7-4-13)15-12(17)9-11-10-14-5-8-18-11/h11,14H,3-10H2,1-2H3,(H,15,17). The predicted octanol–water partition coefficient (Wildman–Crippen LogP) is -0.0346. The number of hydrogen-bond acceptors (Lipinski definition) is 4. The first-order chi connectivity index (χ1) is 8.57. The van der Waals surface area contributed by atoms with Gasteiger partial charge in [0.15, 0.2) is 0 Å². The van der Waals surface area contributed by atoms with Crippen molar-refractivity contribution >= 4 is 5.91 Å². The first-order valence-electron chi connectivity index (χ1n) is 6.89. The molecule has 18 heavy (non-hydrogen) atoms. The molecule has 2 aliphatic heterocycles. The first kappa shape index (κ1) is 13.8. The molecular formula is C13H25N3O2. The lowest BCUT2D eigenvalue weighted by Gasteiger charge is -2.39. The fourth-order valence-corrected chi connectivity index (χ4v) is 2.58. The highest BCUT2D eigenvalue weighted by Gasteiger charge is 2.31. The Labute approximate surface area is 109 Å². The van der Waals surface area contributed by atoms with Crippen molar-refractivity contribution in [3.63, 3.8) is 0 Å². The van der Waals surface area contributed by atoms with Gasteiger partial charge in [-0.15, -0.1) is 0 Å². The molecule has 1 amide bonds. The van der Waals surface area contributed by atoms with Gasteiger partial charge in [-0.3, -0.25) is 4.79 Å². The summed E-state index contributed by atoms with van der Waals surface area (Å²) in [6.45, 7) is 6.64. The van der Waals surface area contributed by atoms with Crippen LogP contribution in [0.25, 0.3) is 0 Å². The Hall–Kier alpha value is -0.650. The lowest BCUT2D eigenvalue weighted by atomic mass is 9.89. The van der Waals surface area contributed by atoms with E-state index in [1.807, 2.05) is 0 Å². The van der Waals surface area contributed by atoms with Crippen molar-refractivity contribution in [2.24, 2.45) is 0 Å². The SMILES string of the molecule is CN1CCC(C)(NC(=O)CC2CNCCO2)CC1. The summed E-state index contributed by atoms with van der Waals surface area (Å²) in [6.07, 6.45) is 2.56. The van der Waals surface area contributed by atoms with E-state index in [0.29, 0.717) is 13.0 Å². The molecule has 0 aliphatic carbocycles. The van der Waals surface area contributed by atoms with Crippen molar-refractivity contribution < 1.29 is 9.53 Å². The molecule has 1 unspecified atom stereocenters. The van der Waals surface area contributed by atoms with Crippen LogP contribution >= 0.6 is 0 Å². The number of ether oxygens (including phenoxy) is 1. The minimum atomic E-state index is -0.0360. The van der Waals surface area contributed by atoms with Gasteiger partial charge in [0.1, 0.15) is 0 Å². The Morgan fingerprint density at radius 1 is 1.50 bits per heavy atom. The molecule has 2 rings (SSSR count). The number of carbonyl (C=O) groups excluding carboxylic acids is 1. The maximum absolute atomic E-state index is 12.0. The van der Waals surface area contributed by atoms with Gasteiger partial charge in [-0.1, -0.05) is 0 Å². The average molecular weight is 255 g/mol. The summed E-state index contributed by atoms with van der Waals surface area (Å²) in [7, 11) is 2.13. The summed E-state index contributed by atoms with van der Waals surface area (Å²) in [5, 5.41) is 6.44. The van der Waals surface area contributed by atoms with Crippen molar-refractivity contribution in [1.82, 2.24) is 15.5 Å². The van der Waals surface area contributed by atoms with Crippen molar-refractivity contribution in [3.8, 4) is 0 Å². The zero-order valence-electron chi connectivity index (χ0n) is 11.5. The van der Waals surface area contributed by atoms with Crippen LogP contribution in [0.5, 0.6) is 0 Å². The molecule has 0 radical (unpaired) electrons. The highest BCUT2D eigenvalue weighted by molar-refractivity contribution is 5.77. The summed E-state index contributed by atoms with van der Waals surface area (Å²) in [5.41, 5.74) is -0.0360. The molecule has 104 valence electrons. The zero-order valence-corrected chi connectivity index (χ0v) is 11.5. The second-order valence-electron chi connectivity index (χ2n) is 5.81. The van der Waals surface area contributed by atoms with Crippen LogP contribution in [0.1, 0.15) is 26.2 Å². The van der Waals surface area contributed by atoms with Gasteiger partial charge < -0.3 is 20.3 Å². The van der Waals surface area contributed by atoms with Gasteiger partial charge in [-0.2, -0.15) is 0 Å². The molecule has 0 aromatic heterocycles. The van der Waals surface area contributed by atoms with Crippen LogP contribution in [0, 0.1) is 0 Å². The molecule has 2 N–H and O–H groups in total. The molecule has 0 spiro atoms. The molecule has 2 aliphatic rings. The van der Waals surface area contributed by atoms with Crippen molar-refractivity contribution in [1.29, 1.82) is 0 Å². The largest absolute Gasteiger partial charge is 0.375 e. The van der Waals surface area contributed by atoms with Gasteiger partial charge in [0.25, 0.3) is 0 Å². The summed E-state index contributed by atoms with van der Waals surface area (Å²) < 4.78 is 5.56. The Bertz CT molecular complexity index is 282. The summed E-state index contributed by atoms with van der Waals surface area (Å²) >= 11 is 0. The van der Waals surface area contributed by atoms with Gasteiger partial charge in [0.05, 0.1) is 19.1 Å². The number of piperidine rings is 1. The number of nitrogens with one attached hydrogen (secondary N) is 2. The van der Waals surface area contributed by atoms with E-state index in [0.717, 1.165) is 39.0 Å². The minimum Gasteiger partial charge on any atom is -0.375 e. The summed E-state index contributed by atoms with van der Waals surface area (Å²) in [4.78, 5) is 14.3. The Balaban J connectivity index is 1.75. The molecule has 5 nitrogen and oxygen atoms in total. The predicted molar refractivity (Wildman–Crippen MR) is 70.5 cm³/mol. The molecule has 0 aromatic carbocycles. The monoisotopic (exact) mass is 255 g/mol. The van der Waals surface area contributed by atoms with Gasteiger partial charge in [-0.05, 0) is 26.8 Å². The highest BCUT2D eigenvalue weighted by atomic mass is 16.5. The van der Waals surface area contributed by atoms with Crippen LogP contribution in [0.3, 0.4) is 0 Å². The summed E-state index contributed by atoms with van der Waals surface area (Å²) in [6, 6.07) is 0. The van der Waals surface area contributed by atoms with Gasteiger partial charge in [0.2, 0.25) is 5.91 Å². The molecule has 2 saturated heterocycles.